The van der Waals surface area contributed by atoms with Gasteiger partial charge in [-0.15, -0.1) is 0 Å². The lowest BCUT2D eigenvalue weighted by Crippen LogP contribution is -2.35. The number of nitro groups is 1. The van der Waals surface area contributed by atoms with E-state index in [4.69, 9.17) is 44.6 Å². The predicted molar refractivity (Wildman–Crippen MR) is 86.5 cm³/mol. The highest BCUT2D eigenvalue weighted by Gasteiger charge is 2.37. The molecule has 0 unspecified atom stereocenters. The van der Waals surface area contributed by atoms with Crippen LogP contribution in [0.2, 0.25) is 0 Å². The second-order valence-corrected chi connectivity index (χ2v) is 7.40. The van der Waals surface area contributed by atoms with Crippen LogP contribution in [0.1, 0.15) is 51.4 Å². The van der Waals surface area contributed by atoms with Gasteiger partial charge in [-0.25, -0.2) is 0 Å². The van der Waals surface area contributed by atoms with Crippen LogP contribution >= 0.6 is 34.8 Å². The van der Waals surface area contributed by atoms with Crippen molar-refractivity contribution in [1.29, 1.82) is 0 Å². The molecule has 1 N–H and O–H groups in total. The van der Waals surface area contributed by atoms with Gasteiger partial charge in [0.25, 0.3) is 0 Å². The Morgan fingerprint density at radius 1 is 1.09 bits per heavy atom. The third-order valence-electron chi connectivity index (χ3n) is 3.03. The molecule has 0 aliphatic rings. The van der Waals surface area contributed by atoms with Crippen LogP contribution in [-0.2, 0) is 9.53 Å². The van der Waals surface area contributed by atoms with E-state index in [-0.39, 0.29) is 6.42 Å². The molecule has 0 aromatic rings. The van der Waals surface area contributed by atoms with Crippen LogP contribution in [-0.4, -0.2) is 39.0 Å². The van der Waals surface area contributed by atoms with Crippen molar-refractivity contribution >= 4 is 40.8 Å². The number of nitrogens with zero attached hydrogens (tertiary/aromatic N) is 1. The van der Waals surface area contributed by atoms with Gasteiger partial charge >= 0.3 is 5.97 Å². The summed E-state index contributed by atoms with van der Waals surface area (Å²) in [4.78, 5) is 20.2. The lowest BCUT2D eigenvalue weighted by atomic mass is 10.1. The molecule has 0 radical (unpaired) electrons. The molecule has 0 heterocycles. The maximum Gasteiger partial charge on any atom is 0.303 e. The SMILES string of the molecule is O=C(O)CCCCCCCCCO[C@H](C[N+](=O)[O-])C(Cl)(Cl)Cl. The van der Waals surface area contributed by atoms with Crippen molar-refractivity contribution in [2.24, 2.45) is 0 Å². The fourth-order valence-electron chi connectivity index (χ4n) is 1.87. The first-order chi connectivity index (χ1) is 10.2. The zero-order chi connectivity index (χ0) is 17.0. The molecular formula is C13H22Cl3NO5. The molecule has 0 aromatic carbocycles. The molecule has 0 rings (SSSR count). The van der Waals surface area contributed by atoms with E-state index in [1.165, 1.54) is 0 Å². The van der Waals surface area contributed by atoms with E-state index in [0.717, 1.165) is 38.5 Å². The lowest BCUT2D eigenvalue weighted by molar-refractivity contribution is -0.491. The molecule has 0 saturated carbocycles. The molecule has 0 aliphatic heterocycles. The first-order valence-electron chi connectivity index (χ1n) is 7.25. The second-order valence-electron chi connectivity index (χ2n) is 5.03. The first kappa shape index (κ1) is 21.7. The van der Waals surface area contributed by atoms with Gasteiger partial charge in [0, 0.05) is 18.0 Å². The van der Waals surface area contributed by atoms with Gasteiger partial charge in [-0.2, -0.15) is 0 Å². The van der Waals surface area contributed by atoms with Crippen LogP contribution in [0, 0.1) is 10.1 Å². The molecule has 0 fully saturated rings. The zero-order valence-corrected chi connectivity index (χ0v) is 14.6. The fourth-order valence-corrected chi connectivity index (χ4v) is 2.27. The summed E-state index contributed by atoms with van der Waals surface area (Å²) in [5.74, 6) is -0.754. The number of hydrogen-bond acceptors (Lipinski definition) is 4. The number of unbranched alkanes of at least 4 members (excludes halogenated alkanes) is 6. The van der Waals surface area contributed by atoms with Gasteiger partial charge in [-0.1, -0.05) is 66.9 Å². The number of carboxylic acid groups (broad SMARTS) is 1. The number of hydrogen-bond donors (Lipinski definition) is 1. The summed E-state index contributed by atoms with van der Waals surface area (Å²) < 4.78 is 3.48. The largest absolute Gasteiger partial charge is 0.481 e. The van der Waals surface area contributed by atoms with Crippen molar-refractivity contribution in [2.45, 2.75) is 61.3 Å². The number of halogens is 3. The number of alkyl halides is 3. The van der Waals surface area contributed by atoms with Crippen molar-refractivity contribution in [3.63, 3.8) is 0 Å². The predicted octanol–water partition coefficient (Wildman–Crippen LogP) is 4.22. The zero-order valence-electron chi connectivity index (χ0n) is 12.3. The van der Waals surface area contributed by atoms with Gasteiger partial charge in [-0.3, -0.25) is 14.9 Å². The summed E-state index contributed by atoms with van der Waals surface area (Å²) in [6.45, 7) is -0.231. The van der Waals surface area contributed by atoms with E-state index in [0.29, 0.717) is 13.0 Å². The van der Waals surface area contributed by atoms with E-state index < -0.39 is 27.3 Å². The molecule has 0 aromatic heterocycles. The second kappa shape index (κ2) is 12.2. The van der Waals surface area contributed by atoms with E-state index in [9.17, 15) is 14.9 Å². The third kappa shape index (κ3) is 13.4. The minimum Gasteiger partial charge on any atom is -0.481 e. The Labute approximate surface area is 145 Å². The summed E-state index contributed by atoms with van der Waals surface area (Å²) >= 11 is 16.9. The average molecular weight is 379 g/mol. The molecule has 9 heteroatoms. The fraction of sp³-hybridized carbons (Fsp3) is 0.923. The number of carbonyl (C=O) groups is 1. The van der Waals surface area contributed by atoms with E-state index in [1.54, 1.807) is 0 Å². The van der Waals surface area contributed by atoms with Crippen molar-refractivity contribution in [2.75, 3.05) is 13.2 Å². The smallest absolute Gasteiger partial charge is 0.303 e. The highest BCUT2D eigenvalue weighted by molar-refractivity contribution is 6.68. The average Bonchev–Trinajstić information content (AvgIpc) is 2.37. The number of rotatable bonds is 13. The Bertz CT molecular complexity index is 336. The van der Waals surface area contributed by atoms with Crippen LogP contribution in [0.15, 0.2) is 0 Å². The summed E-state index contributed by atoms with van der Waals surface area (Å²) in [7, 11) is 0. The van der Waals surface area contributed by atoms with Crippen LogP contribution in [0.5, 0.6) is 0 Å². The van der Waals surface area contributed by atoms with Crippen molar-refractivity contribution in [1.82, 2.24) is 0 Å². The summed E-state index contributed by atoms with van der Waals surface area (Å²) in [6.07, 6.45) is 5.50. The van der Waals surface area contributed by atoms with E-state index >= 15 is 0 Å². The Morgan fingerprint density at radius 2 is 1.59 bits per heavy atom. The molecule has 0 saturated heterocycles. The Morgan fingerprint density at radius 3 is 2.05 bits per heavy atom. The Balaban J connectivity index is 3.58. The third-order valence-corrected chi connectivity index (χ3v) is 3.76. The maximum atomic E-state index is 10.5. The van der Waals surface area contributed by atoms with Gasteiger partial charge in [-0.05, 0) is 12.8 Å². The molecule has 6 nitrogen and oxygen atoms in total. The quantitative estimate of drug-likeness (QED) is 0.224. The minimum atomic E-state index is -1.81. The first-order valence-corrected chi connectivity index (χ1v) is 8.38. The molecule has 0 amide bonds. The van der Waals surface area contributed by atoms with Crippen molar-refractivity contribution in [3.05, 3.63) is 10.1 Å². The van der Waals surface area contributed by atoms with Gasteiger partial charge in [0.05, 0.1) is 0 Å². The van der Waals surface area contributed by atoms with Crippen LogP contribution < -0.4 is 0 Å². The highest BCUT2D eigenvalue weighted by Crippen LogP contribution is 2.32. The Hall–Kier alpha value is -0.300. The standard InChI is InChI=1S/C13H22Cl3NO5/c14-13(15,16)11(10-17(20)21)22-9-7-5-3-1-2-4-6-8-12(18)19/h11H,1-10H2,(H,18,19)/t11-/m1/s1. The topological polar surface area (TPSA) is 89.7 Å². The lowest BCUT2D eigenvalue weighted by Gasteiger charge is -2.21. The maximum absolute atomic E-state index is 10.5. The molecule has 22 heavy (non-hydrogen) atoms. The normalized spacial score (nSPS) is 13.0. The van der Waals surface area contributed by atoms with Gasteiger partial charge < -0.3 is 9.84 Å². The van der Waals surface area contributed by atoms with Crippen LogP contribution in [0.4, 0.5) is 0 Å². The molecular weight excluding hydrogens is 357 g/mol. The Kier molecular flexibility index (Phi) is 12.0. The van der Waals surface area contributed by atoms with Gasteiger partial charge in [0.2, 0.25) is 10.3 Å². The van der Waals surface area contributed by atoms with Crippen LogP contribution in [0.3, 0.4) is 0 Å². The molecule has 1 atom stereocenters. The highest BCUT2D eigenvalue weighted by atomic mass is 35.6. The summed E-state index contributed by atoms with van der Waals surface area (Å²) in [6, 6.07) is 0. The number of carboxylic acids is 1. The number of ether oxygens (including phenoxy) is 1. The van der Waals surface area contributed by atoms with Crippen molar-refractivity contribution in [3.8, 4) is 0 Å². The monoisotopic (exact) mass is 377 g/mol. The van der Waals surface area contributed by atoms with Gasteiger partial charge in [0.1, 0.15) is 0 Å². The summed E-state index contributed by atoms with van der Waals surface area (Å²) in [5, 5.41) is 19.0. The van der Waals surface area contributed by atoms with Crippen LogP contribution in [0.25, 0.3) is 0 Å². The molecule has 0 bridgehead atoms. The molecule has 0 spiro atoms. The van der Waals surface area contributed by atoms with E-state index in [1.807, 2.05) is 0 Å². The van der Waals surface area contributed by atoms with E-state index in [2.05, 4.69) is 0 Å². The number of aliphatic carboxylic acids is 1. The summed E-state index contributed by atoms with van der Waals surface area (Å²) in [5.41, 5.74) is 0. The van der Waals surface area contributed by atoms with Crippen molar-refractivity contribution < 1.29 is 19.6 Å². The molecule has 0 aliphatic carbocycles. The molecule has 130 valence electrons. The minimum absolute atomic E-state index is 0.225. The van der Waals surface area contributed by atoms with Gasteiger partial charge in [0.15, 0.2) is 6.10 Å².